The second-order valence-corrected chi connectivity index (χ2v) is 8.67. The van der Waals surface area contributed by atoms with Crippen LogP contribution >= 0.6 is 0 Å². The van der Waals surface area contributed by atoms with Crippen LogP contribution in [0.3, 0.4) is 0 Å². The molecule has 1 N–H and O–H groups in total. The molecule has 0 aliphatic heterocycles. The third kappa shape index (κ3) is 4.25. The van der Waals surface area contributed by atoms with E-state index < -0.39 is 29.0 Å². The third-order valence-electron chi connectivity index (χ3n) is 6.66. The second kappa shape index (κ2) is 9.35. The van der Waals surface area contributed by atoms with Crippen molar-refractivity contribution in [1.29, 1.82) is 0 Å². The van der Waals surface area contributed by atoms with Crippen molar-refractivity contribution >= 4 is 0 Å². The fourth-order valence-electron chi connectivity index (χ4n) is 4.86. The number of hydrogen-bond donors (Lipinski definition) is 1. The van der Waals surface area contributed by atoms with Gasteiger partial charge in [0.05, 0.1) is 0 Å². The van der Waals surface area contributed by atoms with Gasteiger partial charge in [0.15, 0.2) is 23.2 Å². The van der Waals surface area contributed by atoms with Gasteiger partial charge in [0, 0.05) is 11.1 Å². The average Bonchev–Trinajstić information content (AvgIpc) is 2.81. The molecule has 0 atom stereocenters. The van der Waals surface area contributed by atoms with Crippen LogP contribution in [0, 0.1) is 29.2 Å². The van der Waals surface area contributed by atoms with Gasteiger partial charge >= 0.3 is 0 Å². The summed E-state index contributed by atoms with van der Waals surface area (Å²) in [4.78, 5) is 0. The standard InChI is InChI=1S/C27H26F4O/c1-2-3-16-4-6-17(7-5-16)20-12-13-21(25(29)24(20)28)18-8-10-19(11-9-18)22-14-15-23(32)27(31)26(22)30/h8-17,32H,2-7H2,1H3. The van der Waals surface area contributed by atoms with E-state index in [0.29, 0.717) is 22.6 Å². The molecule has 168 valence electrons. The van der Waals surface area contributed by atoms with E-state index in [2.05, 4.69) is 6.92 Å². The molecule has 1 aliphatic rings. The third-order valence-corrected chi connectivity index (χ3v) is 6.66. The molecule has 0 radical (unpaired) electrons. The van der Waals surface area contributed by atoms with E-state index in [1.165, 1.54) is 24.6 Å². The van der Waals surface area contributed by atoms with E-state index in [1.54, 1.807) is 24.3 Å². The topological polar surface area (TPSA) is 20.2 Å². The molecule has 1 saturated carbocycles. The highest BCUT2D eigenvalue weighted by Crippen LogP contribution is 2.40. The first-order chi connectivity index (χ1) is 15.4. The van der Waals surface area contributed by atoms with Crippen LogP contribution in [0.2, 0.25) is 0 Å². The molecule has 0 bridgehead atoms. The highest BCUT2D eigenvalue weighted by Gasteiger charge is 2.26. The summed E-state index contributed by atoms with van der Waals surface area (Å²) in [5.74, 6) is -4.19. The molecule has 1 nitrogen and oxygen atoms in total. The summed E-state index contributed by atoms with van der Waals surface area (Å²) in [5.41, 5.74) is 1.37. The maximum atomic E-state index is 15.0. The lowest BCUT2D eigenvalue weighted by atomic mass is 9.77. The van der Waals surface area contributed by atoms with Gasteiger partial charge in [-0.2, -0.15) is 4.39 Å². The van der Waals surface area contributed by atoms with Crippen molar-refractivity contribution < 1.29 is 22.7 Å². The number of benzene rings is 3. The number of aromatic hydroxyl groups is 1. The maximum Gasteiger partial charge on any atom is 0.200 e. The van der Waals surface area contributed by atoms with Gasteiger partial charge in [-0.25, -0.2) is 13.2 Å². The Balaban J connectivity index is 1.57. The molecule has 0 saturated heterocycles. The zero-order valence-electron chi connectivity index (χ0n) is 18.0. The molecule has 0 amide bonds. The molecule has 0 aromatic heterocycles. The Labute approximate surface area is 185 Å². The number of phenolic OH excluding ortho intramolecular Hbond substituents is 1. The van der Waals surface area contributed by atoms with Crippen molar-refractivity contribution in [3.05, 3.63) is 77.4 Å². The van der Waals surface area contributed by atoms with Gasteiger partial charge in [-0.1, -0.05) is 56.2 Å². The summed E-state index contributed by atoms with van der Waals surface area (Å²) in [6.45, 7) is 2.17. The van der Waals surface area contributed by atoms with Gasteiger partial charge in [-0.3, -0.25) is 0 Å². The van der Waals surface area contributed by atoms with Crippen molar-refractivity contribution in [2.24, 2.45) is 5.92 Å². The minimum atomic E-state index is -1.32. The summed E-state index contributed by atoms with van der Waals surface area (Å²) >= 11 is 0. The second-order valence-electron chi connectivity index (χ2n) is 8.67. The summed E-state index contributed by atoms with van der Waals surface area (Å²) < 4.78 is 57.7. The normalized spacial score (nSPS) is 18.7. The molecule has 32 heavy (non-hydrogen) atoms. The fraction of sp³-hybridized carbons (Fsp3) is 0.333. The Morgan fingerprint density at radius 3 is 1.78 bits per heavy atom. The Morgan fingerprint density at radius 1 is 0.688 bits per heavy atom. The zero-order valence-corrected chi connectivity index (χ0v) is 18.0. The van der Waals surface area contributed by atoms with E-state index in [1.807, 2.05) is 0 Å². The smallest absolute Gasteiger partial charge is 0.200 e. The monoisotopic (exact) mass is 442 g/mol. The quantitative estimate of drug-likeness (QED) is 0.394. The van der Waals surface area contributed by atoms with Gasteiger partial charge in [-0.05, 0) is 66.3 Å². The average molecular weight is 442 g/mol. The van der Waals surface area contributed by atoms with Gasteiger partial charge in [0.2, 0.25) is 5.82 Å². The lowest BCUT2D eigenvalue weighted by Gasteiger charge is -2.29. The number of hydrogen-bond acceptors (Lipinski definition) is 1. The van der Waals surface area contributed by atoms with Gasteiger partial charge in [0.1, 0.15) is 0 Å². The van der Waals surface area contributed by atoms with Gasteiger partial charge in [0.25, 0.3) is 0 Å². The maximum absolute atomic E-state index is 15.0. The molecule has 1 fully saturated rings. The number of phenols is 1. The summed E-state index contributed by atoms with van der Waals surface area (Å²) in [6.07, 6.45) is 6.21. The van der Waals surface area contributed by atoms with Gasteiger partial charge in [-0.15, -0.1) is 0 Å². The first-order valence-electron chi connectivity index (χ1n) is 11.2. The van der Waals surface area contributed by atoms with E-state index >= 15 is 0 Å². The minimum Gasteiger partial charge on any atom is -0.505 e. The van der Waals surface area contributed by atoms with E-state index in [9.17, 15) is 22.7 Å². The fourth-order valence-corrected chi connectivity index (χ4v) is 4.86. The van der Waals surface area contributed by atoms with Crippen molar-refractivity contribution in [2.45, 2.75) is 51.4 Å². The molecule has 0 spiro atoms. The Bertz CT molecular complexity index is 1100. The Hall–Kier alpha value is -2.82. The Morgan fingerprint density at radius 2 is 1.22 bits per heavy atom. The van der Waals surface area contributed by atoms with E-state index in [4.69, 9.17) is 0 Å². The molecule has 3 aromatic rings. The Kier molecular flexibility index (Phi) is 6.54. The highest BCUT2D eigenvalue weighted by molar-refractivity contribution is 5.71. The molecule has 3 aromatic carbocycles. The molecular weight excluding hydrogens is 416 g/mol. The highest BCUT2D eigenvalue weighted by atomic mass is 19.2. The summed E-state index contributed by atoms with van der Waals surface area (Å²) in [5, 5.41) is 9.28. The summed E-state index contributed by atoms with van der Waals surface area (Å²) in [6, 6.07) is 11.8. The predicted molar refractivity (Wildman–Crippen MR) is 118 cm³/mol. The van der Waals surface area contributed by atoms with Gasteiger partial charge < -0.3 is 5.11 Å². The first-order valence-corrected chi connectivity index (χ1v) is 11.2. The van der Waals surface area contributed by atoms with E-state index in [-0.39, 0.29) is 17.0 Å². The van der Waals surface area contributed by atoms with Crippen LogP contribution in [0.25, 0.3) is 22.3 Å². The number of rotatable bonds is 5. The molecular formula is C27H26F4O. The minimum absolute atomic E-state index is 0.0208. The van der Waals surface area contributed by atoms with Crippen molar-refractivity contribution in [2.75, 3.05) is 0 Å². The molecule has 5 heteroatoms. The SMILES string of the molecule is CCCC1CCC(c2ccc(-c3ccc(-c4ccc(O)c(F)c4F)cc3)c(F)c2F)CC1. The van der Waals surface area contributed by atoms with Crippen molar-refractivity contribution in [3.8, 4) is 28.0 Å². The largest absolute Gasteiger partial charge is 0.505 e. The lowest BCUT2D eigenvalue weighted by Crippen LogP contribution is -2.14. The van der Waals surface area contributed by atoms with E-state index in [0.717, 1.165) is 38.2 Å². The van der Waals surface area contributed by atoms with Crippen LogP contribution in [0.5, 0.6) is 5.75 Å². The predicted octanol–water partition coefficient (Wildman–Crippen LogP) is 8.36. The van der Waals surface area contributed by atoms with Crippen LogP contribution in [0.4, 0.5) is 17.6 Å². The number of halogens is 4. The van der Waals surface area contributed by atoms with Crippen LogP contribution in [0.15, 0.2) is 48.5 Å². The van der Waals surface area contributed by atoms with Crippen molar-refractivity contribution in [1.82, 2.24) is 0 Å². The molecule has 1 aliphatic carbocycles. The van der Waals surface area contributed by atoms with Crippen LogP contribution in [-0.4, -0.2) is 5.11 Å². The summed E-state index contributed by atoms with van der Waals surface area (Å²) in [7, 11) is 0. The molecule has 0 unspecified atom stereocenters. The first kappa shape index (κ1) is 22.4. The van der Waals surface area contributed by atoms with Crippen LogP contribution < -0.4 is 0 Å². The molecule has 0 heterocycles. The zero-order chi connectivity index (χ0) is 22.8. The molecule has 4 rings (SSSR count). The lowest BCUT2D eigenvalue weighted by molar-refractivity contribution is 0.303. The van der Waals surface area contributed by atoms with Crippen LogP contribution in [-0.2, 0) is 0 Å². The van der Waals surface area contributed by atoms with Crippen LogP contribution in [0.1, 0.15) is 56.9 Å². The van der Waals surface area contributed by atoms with Crippen molar-refractivity contribution in [3.63, 3.8) is 0 Å².